The monoisotopic (exact) mass is 467 g/mol. The van der Waals surface area contributed by atoms with E-state index >= 15 is 0 Å². The van der Waals surface area contributed by atoms with Crippen LogP contribution in [0.25, 0.3) is 0 Å². The molecule has 3 aromatic rings. The Balaban J connectivity index is 1.58. The summed E-state index contributed by atoms with van der Waals surface area (Å²) in [7, 11) is 3.40. The summed E-state index contributed by atoms with van der Waals surface area (Å²) in [5.41, 5.74) is 2.45. The van der Waals surface area contributed by atoms with Gasteiger partial charge in [-0.05, 0) is 48.7 Å². The van der Waals surface area contributed by atoms with Crippen LogP contribution in [0, 0.1) is 0 Å². The number of amides is 2. The van der Waals surface area contributed by atoms with Gasteiger partial charge in [0.15, 0.2) is 11.0 Å². The first kappa shape index (κ1) is 24.3. The van der Waals surface area contributed by atoms with Crippen molar-refractivity contribution < 1.29 is 14.3 Å². The molecule has 0 saturated heterocycles. The van der Waals surface area contributed by atoms with Crippen molar-refractivity contribution in [3.8, 4) is 5.75 Å². The topological polar surface area (TPSA) is 98.1 Å². The number of hydrogen-bond acceptors (Lipinski definition) is 6. The zero-order valence-electron chi connectivity index (χ0n) is 19.5. The number of carbonyl (C=O) groups is 2. The first-order chi connectivity index (χ1) is 15.8. The van der Waals surface area contributed by atoms with Crippen molar-refractivity contribution >= 4 is 29.3 Å². The number of nitrogens with one attached hydrogen (secondary N) is 2. The molecule has 0 bridgehead atoms. The molecule has 33 heavy (non-hydrogen) atoms. The van der Waals surface area contributed by atoms with Gasteiger partial charge in [0.2, 0.25) is 5.91 Å². The molecule has 174 valence electrons. The predicted molar refractivity (Wildman–Crippen MR) is 130 cm³/mol. The highest BCUT2D eigenvalue weighted by molar-refractivity contribution is 7.99. The van der Waals surface area contributed by atoms with E-state index in [1.165, 1.54) is 11.8 Å². The van der Waals surface area contributed by atoms with Gasteiger partial charge in [0.1, 0.15) is 5.75 Å². The van der Waals surface area contributed by atoms with Gasteiger partial charge < -0.3 is 19.9 Å². The number of anilines is 1. The van der Waals surface area contributed by atoms with E-state index in [9.17, 15) is 9.59 Å². The molecule has 3 rings (SSSR count). The summed E-state index contributed by atoms with van der Waals surface area (Å²) in [6, 6.07) is 14.3. The van der Waals surface area contributed by atoms with Crippen LogP contribution in [0.4, 0.5) is 5.69 Å². The van der Waals surface area contributed by atoms with Crippen LogP contribution >= 0.6 is 11.8 Å². The lowest BCUT2D eigenvalue weighted by Gasteiger charge is -2.14. The molecule has 2 amide bonds. The number of para-hydroxylation sites is 1. The number of methoxy groups -OCH3 is 1. The highest BCUT2D eigenvalue weighted by Gasteiger charge is 2.19. The highest BCUT2D eigenvalue weighted by atomic mass is 32.2. The van der Waals surface area contributed by atoms with Crippen molar-refractivity contribution in [2.24, 2.45) is 7.05 Å². The van der Waals surface area contributed by atoms with Crippen molar-refractivity contribution in [1.82, 2.24) is 20.1 Å². The molecule has 9 heteroatoms. The molecule has 0 unspecified atom stereocenters. The Morgan fingerprint density at radius 3 is 2.42 bits per heavy atom. The van der Waals surface area contributed by atoms with Crippen LogP contribution in [-0.4, -0.2) is 39.4 Å². The molecule has 0 radical (unpaired) electrons. The van der Waals surface area contributed by atoms with Crippen LogP contribution in [0.3, 0.4) is 0 Å². The third-order valence-electron chi connectivity index (χ3n) is 5.14. The lowest BCUT2D eigenvalue weighted by molar-refractivity contribution is -0.113. The van der Waals surface area contributed by atoms with Gasteiger partial charge in [0, 0.05) is 18.3 Å². The molecular formula is C24H29N5O3S. The smallest absolute Gasteiger partial charge is 0.251 e. The Morgan fingerprint density at radius 2 is 1.76 bits per heavy atom. The number of carbonyl (C=O) groups excluding carboxylic acids is 2. The fourth-order valence-electron chi connectivity index (χ4n) is 3.35. The molecule has 8 nitrogen and oxygen atoms in total. The van der Waals surface area contributed by atoms with E-state index in [0.29, 0.717) is 28.2 Å². The standard InChI is InChI=1S/C24H29N5O3S/c1-15(2)19-8-6-7-9-20(19)26-21(30)14-33-24-28-27-22(29(24)4)16(3)25-23(31)17-10-12-18(32-5)13-11-17/h6-13,15-16H,14H2,1-5H3,(H,25,31)(H,26,30)/t16-/m0/s1. The Bertz CT molecular complexity index is 1110. The maximum atomic E-state index is 12.5. The number of benzene rings is 2. The molecule has 2 N–H and O–H groups in total. The van der Waals surface area contributed by atoms with E-state index in [1.54, 1.807) is 35.9 Å². The normalized spacial score (nSPS) is 11.8. The van der Waals surface area contributed by atoms with Crippen LogP contribution in [0.15, 0.2) is 53.7 Å². The van der Waals surface area contributed by atoms with Crippen LogP contribution in [0.1, 0.15) is 54.5 Å². The minimum atomic E-state index is -0.363. The number of rotatable bonds is 9. The van der Waals surface area contributed by atoms with Gasteiger partial charge in [0.05, 0.1) is 18.9 Å². The molecule has 1 heterocycles. The minimum absolute atomic E-state index is 0.112. The van der Waals surface area contributed by atoms with E-state index in [1.807, 2.05) is 38.2 Å². The van der Waals surface area contributed by atoms with E-state index in [2.05, 4.69) is 34.7 Å². The predicted octanol–water partition coefficient (Wildman–Crippen LogP) is 4.17. The Hall–Kier alpha value is -3.33. The largest absolute Gasteiger partial charge is 0.497 e. The fraction of sp³-hybridized carbons (Fsp3) is 0.333. The second-order valence-corrected chi connectivity index (χ2v) is 8.84. The summed E-state index contributed by atoms with van der Waals surface area (Å²) < 4.78 is 6.91. The first-order valence-electron chi connectivity index (χ1n) is 10.7. The van der Waals surface area contributed by atoms with Gasteiger partial charge in [-0.2, -0.15) is 0 Å². The molecule has 0 aliphatic rings. The summed E-state index contributed by atoms with van der Waals surface area (Å²) in [6.45, 7) is 6.03. The second kappa shape index (κ2) is 11.0. The molecule has 1 atom stereocenters. The van der Waals surface area contributed by atoms with Crippen LogP contribution < -0.4 is 15.4 Å². The SMILES string of the molecule is COc1ccc(C(=O)N[C@@H](C)c2nnc(SCC(=O)Nc3ccccc3C(C)C)n2C)cc1. The number of ether oxygens (including phenoxy) is 1. The van der Waals surface area contributed by atoms with Crippen LogP contribution in [0.2, 0.25) is 0 Å². The second-order valence-electron chi connectivity index (χ2n) is 7.90. The molecule has 2 aromatic carbocycles. The molecule has 0 saturated carbocycles. The summed E-state index contributed by atoms with van der Waals surface area (Å²) in [4.78, 5) is 25.0. The van der Waals surface area contributed by atoms with E-state index < -0.39 is 0 Å². The van der Waals surface area contributed by atoms with Crippen LogP contribution in [0.5, 0.6) is 5.75 Å². The summed E-state index contributed by atoms with van der Waals surface area (Å²) in [5, 5.41) is 14.9. The van der Waals surface area contributed by atoms with Crippen molar-refractivity contribution in [3.63, 3.8) is 0 Å². The quantitative estimate of drug-likeness (QED) is 0.459. The zero-order valence-corrected chi connectivity index (χ0v) is 20.3. The molecule has 0 fully saturated rings. The number of aromatic nitrogens is 3. The maximum Gasteiger partial charge on any atom is 0.251 e. The average Bonchev–Trinajstić information content (AvgIpc) is 3.18. The average molecular weight is 468 g/mol. The third kappa shape index (κ3) is 6.13. The van der Waals surface area contributed by atoms with E-state index in [-0.39, 0.29) is 23.6 Å². The molecule has 0 aliphatic carbocycles. The number of hydrogen-bond donors (Lipinski definition) is 2. The summed E-state index contributed by atoms with van der Waals surface area (Å²) >= 11 is 1.30. The Labute approximate surface area is 198 Å². The van der Waals surface area contributed by atoms with Gasteiger partial charge in [-0.25, -0.2) is 0 Å². The van der Waals surface area contributed by atoms with Gasteiger partial charge in [-0.1, -0.05) is 43.8 Å². The van der Waals surface area contributed by atoms with Crippen LogP contribution in [-0.2, 0) is 11.8 Å². The lowest BCUT2D eigenvalue weighted by atomic mass is 10.0. The Morgan fingerprint density at radius 1 is 1.06 bits per heavy atom. The summed E-state index contributed by atoms with van der Waals surface area (Å²) in [6.07, 6.45) is 0. The van der Waals surface area contributed by atoms with Gasteiger partial charge in [0.25, 0.3) is 5.91 Å². The van der Waals surface area contributed by atoms with Crippen molar-refractivity contribution in [2.45, 2.75) is 37.9 Å². The lowest BCUT2D eigenvalue weighted by Crippen LogP contribution is -2.28. The van der Waals surface area contributed by atoms with Gasteiger partial charge in [-0.15, -0.1) is 10.2 Å². The fourth-order valence-corrected chi connectivity index (χ4v) is 4.06. The van der Waals surface area contributed by atoms with Crippen molar-refractivity contribution in [3.05, 3.63) is 65.5 Å². The molecule has 0 spiro atoms. The molecule has 0 aliphatic heterocycles. The zero-order chi connectivity index (χ0) is 24.0. The van der Waals surface area contributed by atoms with Crippen molar-refractivity contribution in [1.29, 1.82) is 0 Å². The highest BCUT2D eigenvalue weighted by Crippen LogP contribution is 2.25. The Kier molecular flexibility index (Phi) is 8.11. The van der Waals surface area contributed by atoms with Gasteiger partial charge >= 0.3 is 0 Å². The van der Waals surface area contributed by atoms with Crippen molar-refractivity contribution in [2.75, 3.05) is 18.2 Å². The first-order valence-corrected chi connectivity index (χ1v) is 11.6. The number of thioether (sulfide) groups is 1. The van der Waals surface area contributed by atoms with E-state index in [0.717, 1.165) is 11.3 Å². The summed E-state index contributed by atoms with van der Waals surface area (Å²) in [5.74, 6) is 1.47. The molecule has 1 aromatic heterocycles. The molecular weight excluding hydrogens is 438 g/mol. The number of nitrogens with zero attached hydrogens (tertiary/aromatic N) is 3. The maximum absolute atomic E-state index is 12.5. The van der Waals surface area contributed by atoms with Gasteiger partial charge in [-0.3, -0.25) is 9.59 Å². The van der Waals surface area contributed by atoms with E-state index in [4.69, 9.17) is 4.74 Å². The minimum Gasteiger partial charge on any atom is -0.497 e. The third-order valence-corrected chi connectivity index (χ3v) is 6.17.